The maximum atomic E-state index is 11.8. The molecule has 4 heteroatoms. The Kier molecular flexibility index (Phi) is 4.69. The lowest BCUT2D eigenvalue weighted by Crippen LogP contribution is -2.36. The maximum absolute atomic E-state index is 11.8. The first-order valence-electron chi connectivity index (χ1n) is 5.62. The van der Waals surface area contributed by atoms with Crippen LogP contribution in [0.5, 0.6) is 0 Å². The van der Waals surface area contributed by atoms with Gasteiger partial charge in [-0.1, -0.05) is 24.6 Å². The van der Waals surface area contributed by atoms with Gasteiger partial charge in [0.05, 0.1) is 6.42 Å². The lowest BCUT2D eigenvalue weighted by atomic mass is 10.1. The van der Waals surface area contributed by atoms with E-state index in [0.717, 1.165) is 5.56 Å². The van der Waals surface area contributed by atoms with Crippen LogP contribution >= 0.6 is 0 Å². The third-order valence-corrected chi connectivity index (χ3v) is 2.53. The molecular weight excluding hydrogens is 218 g/mol. The Bertz CT molecular complexity index is 415. The summed E-state index contributed by atoms with van der Waals surface area (Å²) in [4.78, 5) is 22.4. The van der Waals surface area contributed by atoms with Crippen LogP contribution in [0.1, 0.15) is 35.7 Å². The van der Waals surface area contributed by atoms with Crippen LogP contribution in [0, 0.1) is 6.92 Å². The summed E-state index contributed by atoms with van der Waals surface area (Å²) in [5.41, 5.74) is 1.57. The van der Waals surface area contributed by atoms with Crippen molar-refractivity contribution in [3.05, 3.63) is 35.4 Å². The van der Waals surface area contributed by atoms with Gasteiger partial charge in [0.2, 0.25) is 0 Å². The van der Waals surface area contributed by atoms with E-state index in [1.807, 2.05) is 26.0 Å². The van der Waals surface area contributed by atoms with Crippen molar-refractivity contribution in [3.8, 4) is 0 Å². The predicted molar refractivity (Wildman–Crippen MR) is 65.0 cm³/mol. The van der Waals surface area contributed by atoms with Gasteiger partial charge < -0.3 is 10.4 Å². The first-order valence-corrected chi connectivity index (χ1v) is 5.62. The van der Waals surface area contributed by atoms with E-state index in [0.29, 0.717) is 12.0 Å². The molecule has 1 aromatic carbocycles. The lowest BCUT2D eigenvalue weighted by Gasteiger charge is -2.14. The number of aryl methyl sites for hydroxylation is 1. The first kappa shape index (κ1) is 13.2. The van der Waals surface area contributed by atoms with Crippen molar-refractivity contribution in [3.63, 3.8) is 0 Å². The zero-order chi connectivity index (χ0) is 12.8. The molecule has 0 aliphatic carbocycles. The number of amides is 1. The number of carboxylic acids is 1. The van der Waals surface area contributed by atoms with Gasteiger partial charge in [-0.3, -0.25) is 9.59 Å². The monoisotopic (exact) mass is 235 g/mol. The van der Waals surface area contributed by atoms with Crippen LogP contribution in [0.25, 0.3) is 0 Å². The Morgan fingerprint density at radius 3 is 2.65 bits per heavy atom. The highest BCUT2D eigenvalue weighted by Gasteiger charge is 2.14. The summed E-state index contributed by atoms with van der Waals surface area (Å²) in [6.45, 7) is 3.76. The van der Waals surface area contributed by atoms with Crippen LogP contribution in [0.2, 0.25) is 0 Å². The fourth-order valence-electron chi connectivity index (χ4n) is 1.56. The van der Waals surface area contributed by atoms with Gasteiger partial charge in [0.15, 0.2) is 0 Å². The summed E-state index contributed by atoms with van der Waals surface area (Å²) in [6, 6.07) is 6.90. The minimum absolute atomic E-state index is 0.0476. The van der Waals surface area contributed by atoms with Crippen LogP contribution in [0.4, 0.5) is 0 Å². The number of benzene rings is 1. The van der Waals surface area contributed by atoms with E-state index in [1.54, 1.807) is 12.1 Å². The average molecular weight is 235 g/mol. The van der Waals surface area contributed by atoms with Crippen molar-refractivity contribution in [2.24, 2.45) is 0 Å². The molecule has 0 saturated heterocycles. The van der Waals surface area contributed by atoms with Gasteiger partial charge in [-0.05, 0) is 25.5 Å². The topological polar surface area (TPSA) is 66.4 Å². The van der Waals surface area contributed by atoms with E-state index in [-0.39, 0.29) is 18.4 Å². The van der Waals surface area contributed by atoms with Crippen LogP contribution in [0.15, 0.2) is 24.3 Å². The molecule has 0 aliphatic heterocycles. The second-order valence-corrected chi connectivity index (χ2v) is 4.05. The van der Waals surface area contributed by atoms with Gasteiger partial charge in [-0.2, -0.15) is 0 Å². The Morgan fingerprint density at radius 2 is 2.12 bits per heavy atom. The molecule has 0 radical (unpaired) electrons. The Balaban J connectivity index is 2.67. The molecule has 1 rings (SSSR count). The number of carbonyl (C=O) groups excluding carboxylic acids is 1. The van der Waals surface area contributed by atoms with Gasteiger partial charge in [-0.15, -0.1) is 0 Å². The minimum Gasteiger partial charge on any atom is -0.481 e. The normalized spacial score (nSPS) is 11.9. The molecule has 1 atom stereocenters. The molecule has 0 fully saturated rings. The zero-order valence-corrected chi connectivity index (χ0v) is 10.1. The van der Waals surface area contributed by atoms with Gasteiger partial charge in [0, 0.05) is 11.6 Å². The van der Waals surface area contributed by atoms with Crippen molar-refractivity contribution in [2.45, 2.75) is 32.7 Å². The van der Waals surface area contributed by atoms with Crippen LogP contribution < -0.4 is 5.32 Å². The molecule has 4 nitrogen and oxygen atoms in total. The molecule has 2 N–H and O–H groups in total. The Labute approximate surface area is 101 Å². The van der Waals surface area contributed by atoms with Gasteiger partial charge >= 0.3 is 5.97 Å². The SMILES string of the molecule is CCC(CC(=O)O)NC(=O)c1cccc(C)c1. The first-order chi connectivity index (χ1) is 8.02. The zero-order valence-electron chi connectivity index (χ0n) is 10.1. The third kappa shape index (κ3) is 4.26. The molecule has 0 aromatic heterocycles. The Hall–Kier alpha value is -1.84. The number of aliphatic carboxylic acids is 1. The van der Waals surface area contributed by atoms with Gasteiger partial charge in [-0.25, -0.2) is 0 Å². The number of nitrogens with one attached hydrogen (secondary N) is 1. The van der Waals surface area contributed by atoms with Gasteiger partial charge in [0.1, 0.15) is 0 Å². The van der Waals surface area contributed by atoms with E-state index >= 15 is 0 Å². The molecule has 0 spiro atoms. The second kappa shape index (κ2) is 6.03. The van der Waals surface area contributed by atoms with Crippen molar-refractivity contribution in [2.75, 3.05) is 0 Å². The summed E-state index contributed by atoms with van der Waals surface area (Å²) in [7, 11) is 0. The highest BCUT2D eigenvalue weighted by atomic mass is 16.4. The lowest BCUT2D eigenvalue weighted by molar-refractivity contribution is -0.137. The van der Waals surface area contributed by atoms with Crippen molar-refractivity contribution >= 4 is 11.9 Å². The molecule has 0 heterocycles. The van der Waals surface area contributed by atoms with Crippen LogP contribution in [-0.2, 0) is 4.79 Å². The van der Waals surface area contributed by atoms with Crippen molar-refractivity contribution in [1.82, 2.24) is 5.32 Å². The van der Waals surface area contributed by atoms with E-state index in [1.165, 1.54) is 0 Å². The fraction of sp³-hybridized carbons (Fsp3) is 0.385. The molecule has 0 saturated carbocycles. The van der Waals surface area contributed by atoms with Crippen LogP contribution in [-0.4, -0.2) is 23.0 Å². The molecule has 92 valence electrons. The van der Waals surface area contributed by atoms with E-state index in [9.17, 15) is 9.59 Å². The van der Waals surface area contributed by atoms with Crippen molar-refractivity contribution in [1.29, 1.82) is 0 Å². The molecule has 1 amide bonds. The maximum Gasteiger partial charge on any atom is 0.305 e. The molecule has 1 unspecified atom stereocenters. The second-order valence-electron chi connectivity index (χ2n) is 4.05. The number of carboxylic acid groups (broad SMARTS) is 1. The standard InChI is InChI=1S/C13H17NO3/c1-3-11(8-12(15)16)14-13(17)10-6-4-5-9(2)7-10/h4-7,11H,3,8H2,1-2H3,(H,14,17)(H,15,16). The minimum atomic E-state index is -0.901. The third-order valence-electron chi connectivity index (χ3n) is 2.53. The smallest absolute Gasteiger partial charge is 0.305 e. The van der Waals surface area contributed by atoms with E-state index in [2.05, 4.69) is 5.32 Å². The fourth-order valence-corrected chi connectivity index (χ4v) is 1.56. The summed E-state index contributed by atoms with van der Waals surface area (Å²) in [5.74, 6) is -1.12. The number of rotatable bonds is 5. The quantitative estimate of drug-likeness (QED) is 0.820. The van der Waals surface area contributed by atoms with Gasteiger partial charge in [0.25, 0.3) is 5.91 Å². The van der Waals surface area contributed by atoms with Crippen LogP contribution in [0.3, 0.4) is 0 Å². The average Bonchev–Trinajstić information content (AvgIpc) is 2.27. The number of hydrogen-bond acceptors (Lipinski definition) is 2. The molecule has 1 aromatic rings. The molecule has 17 heavy (non-hydrogen) atoms. The Morgan fingerprint density at radius 1 is 1.41 bits per heavy atom. The summed E-state index contributed by atoms with van der Waals surface area (Å²) in [5, 5.41) is 11.4. The highest BCUT2D eigenvalue weighted by Crippen LogP contribution is 2.06. The summed E-state index contributed by atoms with van der Waals surface area (Å²) >= 11 is 0. The van der Waals surface area contributed by atoms with Crippen molar-refractivity contribution < 1.29 is 14.7 Å². The van der Waals surface area contributed by atoms with E-state index in [4.69, 9.17) is 5.11 Å². The summed E-state index contributed by atoms with van der Waals surface area (Å²) < 4.78 is 0. The predicted octanol–water partition coefficient (Wildman–Crippen LogP) is 1.98. The number of carbonyl (C=O) groups is 2. The highest BCUT2D eigenvalue weighted by molar-refractivity contribution is 5.94. The largest absolute Gasteiger partial charge is 0.481 e. The van der Waals surface area contributed by atoms with E-state index < -0.39 is 5.97 Å². The molecule has 0 aliphatic rings. The number of hydrogen-bond donors (Lipinski definition) is 2. The summed E-state index contributed by atoms with van der Waals surface area (Å²) in [6.07, 6.45) is 0.553. The molecular formula is C13H17NO3. The molecule has 0 bridgehead atoms.